The van der Waals surface area contributed by atoms with Gasteiger partial charge in [0.05, 0.1) is 0 Å². The van der Waals surface area contributed by atoms with Gasteiger partial charge < -0.3 is 9.67 Å². The molecule has 0 bridgehead atoms. The van der Waals surface area contributed by atoms with Crippen LogP contribution < -0.4 is 0 Å². The van der Waals surface area contributed by atoms with Crippen molar-refractivity contribution in [2.45, 2.75) is 13.5 Å². The van der Waals surface area contributed by atoms with Crippen molar-refractivity contribution in [1.29, 1.82) is 0 Å². The molecule has 0 radical (unpaired) electrons. The number of carbonyl (C=O) groups is 1. The number of carboxylic acids is 1. The summed E-state index contributed by atoms with van der Waals surface area (Å²) in [4.78, 5) is 15.1. The van der Waals surface area contributed by atoms with Crippen LogP contribution in [0.3, 0.4) is 0 Å². The van der Waals surface area contributed by atoms with Gasteiger partial charge in [0.1, 0.15) is 5.69 Å². The van der Waals surface area contributed by atoms with E-state index in [1.807, 2.05) is 12.1 Å². The van der Waals surface area contributed by atoms with Gasteiger partial charge in [0.25, 0.3) is 0 Å². The van der Waals surface area contributed by atoms with E-state index >= 15 is 0 Å². The molecule has 0 aliphatic heterocycles. The number of aryl methyl sites for hydroxylation is 1. The Morgan fingerprint density at radius 2 is 2.31 bits per heavy atom. The molecule has 0 fully saturated rings. The number of aromatic carboxylic acids is 1. The van der Waals surface area contributed by atoms with E-state index in [2.05, 4.69) is 4.98 Å². The second-order valence-corrected chi connectivity index (χ2v) is 3.64. The van der Waals surface area contributed by atoms with Crippen LogP contribution in [0.25, 0.3) is 0 Å². The highest BCUT2D eigenvalue weighted by molar-refractivity contribution is 5.87. The third-order valence-corrected chi connectivity index (χ3v) is 2.44. The Hall–Kier alpha value is -2.10. The summed E-state index contributed by atoms with van der Waals surface area (Å²) in [6.07, 6.45) is 5.22. The van der Waals surface area contributed by atoms with E-state index in [0.717, 1.165) is 11.1 Å². The van der Waals surface area contributed by atoms with Crippen LogP contribution in [0.1, 0.15) is 21.6 Å². The van der Waals surface area contributed by atoms with Gasteiger partial charge in [0, 0.05) is 25.1 Å². The normalized spacial score (nSPS) is 10.3. The Labute approximate surface area is 93.2 Å². The molecule has 1 N–H and O–H groups in total. The van der Waals surface area contributed by atoms with Crippen LogP contribution in [-0.2, 0) is 6.54 Å². The Balaban J connectivity index is 2.32. The Morgan fingerprint density at radius 1 is 1.50 bits per heavy atom. The highest BCUT2D eigenvalue weighted by Gasteiger charge is 2.12. The Kier molecular flexibility index (Phi) is 2.72. The van der Waals surface area contributed by atoms with Crippen molar-refractivity contribution < 1.29 is 9.90 Å². The van der Waals surface area contributed by atoms with E-state index in [1.54, 1.807) is 36.1 Å². The largest absolute Gasteiger partial charge is 0.477 e. The third-order valence-electron chi connectivity index (χ3n) is 2.44. The van der Waals surface area contributed by atoms with E-state index in [9.17, 15) is 4.79 Å². The van der Waals surface area contributed by atoms with Crippen LogP contribution in [0, 0.1) is 6.92 Å². The summed E-state index contributed by atoms with van der Waals surface area (Å²) in [5.41, 5.74) is 2.10. The van der Waals surface area contributed by atoms with E-state index in [4.69, 9.17) is 5.11 Å². The van der Waals surface area contributed by atoms with Crippen LogP contribution in [0.15, 0.2) is 36.8 Å². The number of hydrogen-bond donors (Lipinski definition) is 1. The molecular weight excluding hydrogens is 204 g/mol. The zero-order valence-electron chi connectivity index (χ0n) is 8.92. The van der Waals surface area contributed by atoms with Crippen molar-refractivity contribution in [3.63, 3.8) is 0 Å². The fraction of sp³-hybridized carbons (Fsp3) is 0.167. The zero-order valence-corrected chi connectivity index (χ0v) is 8.92. The summed E-state index contributed by atoms with van der Waals surface area (Å²) in [5, 5.41) is 9.08. The van der Waals surface area contributed by atoms with Crippen molar-refractivity contribution in [1.82, 2.24) is 9.55 Å². The minimum absolute atomic E-state index is 0.337. The van der Waals surface area contributed by atoms with Crippen LogP contribution in [0.4, 0.5) is 0 Å². The standard InChI is InChI=1S/C12H12N2O2/c1-9-4-6-14(11(9)12(15)16)8-10-3-2-5-13-7-10/h2-7H,8H2,1H3,(H,15,16). The first-order chi connectivity index (χ1) is 7.68. The van der Waals surface area contributed by atoms with Gasteiger partial charge in [-0.05, 0) is 30.2 Å². The molecule has 82 valence electrons. The lowest BCUT2D eigenvalue weighted by molar-refractivity contribution is 0.0685. The second-order valence-electron chi connectivity index (χ2n) is 3.64. The fourth-order valence-corrected chi connectivity index (χ4v) is 1.69. The van der Waals surface area contributed by atoms with Crippen LogP contribution in [0.2, 0.25) is 0 Å². The minimum Gasteiger partial charge on any atom is -0.477 e. The van der Waals surface area contributed by atoms with Crippen LogP contribution in [-0.4, -0.2) is 20.6 Å². The number of hydrogen-bond acceptors (Lipinski definition) is 2. The minimum atomic E-state index is -0.897. The molecule has 0 atom stereocenters. The molecule has 0 saturated heterocycles. The van der Waals surface area contributed by atoms with Gasteiger partial charge in [0.2, 0.25) is 0 Å². The van der Waals surface area contributed by atoms with Crippen molar-refractivity contribution in [2.24, 2.45) is 0 Å². The number of pyridine rings is 1. The quantitative estimate of drug-likeness (QED) is 0.853. The lowest BCUT2D eigenvalue weighted by Gasteiger charge is -2.06. The maximum Gasteiger partial charge on any atom is 0.352 e. The SMILES string of the molecule is Cc1ccn(Cc2cccnc2)c1C(=O)O. The first-order valence-corrected chi connectivity index (χ1v) is 4.96. The lowest BCUT2D eigenvalue weighted by atomic mass is 10.2. The first-order valence-electron chi connectivity index (χ1n) is 4.96. The average molecular weight is 216 g/mol. The van der Waals surface area contributed by atoms with E-state index in [1.165, 1.54) is 0 Å². The average Bonchev–Trinajstić information content (AvgIpc) is 2.61. The predicted molar refractivity (Wildman–Crippen MR) is 59.5 cm³/mol. The molecule has 0 amide bonds. The number of carboxylic acid groups (broad SMARTS) is 1. The molecule has 0 aliphatic carbocycles. The molecule has 2 aromatic heterocycles. The van der Waals surface area contributed by atoms with Crippen LogP contribution in [0.5, 0.6) is 0 Å². The highest BCUT2D eigenvalue weighted by atomic mass is 16.4. The molecule has 0 unspecified atom stereocenters. The maximum absolute atomic E-state index is 11.1. The van der Waals surface area contributed by atoms with E-state index < -0.39 is 5.97 Å². The van der Waals surface area contributed by atoms with Crippen molar-refractivity contribution in [3.05, 3.63) is 53.6 Å². The topological polar surface area (TPSA) is 55.1 Å². The summed E-state index contributed by atoms with van der Waals surface area (Å²) in [5.74, 6) is -0.897. The highest BCUT2D eigenvalue weighted by Crippen LogP contribution is 2.12. The van der Waals surface area contributed by atoms with Crippen molar-refractivity contribution in [2.75, 3.05) is 0 Å². The summed E-state index contributed by atoms with van der Waals surface area (Å²) >= 11 is 0. The smallest absolute Gasteiger partial charge is 0.352 e. The van der Waals surface area contributed by atoms with Crippen molar-refractivity contribution in [3.8, 4) is 0 Å². The molecule has 4 nitrogen and oxygen atoms in total. The fourth-order valence-electron chi connectivity index (χ4n) is 1.69. The zero-order chi connectivity index (χ0) is 11.5. The van der Waals surface area contributed by atoms with Gasteiger partial charge in [-0.2, -0.15) is 0 Å². The molecule has 0 saturated carbocycles. The van der Waals surface area contributed by atoms with Gasteiger partial charge in [-0.25, -0.2) is 4.79 Å². The Morgan fingerprint density at radius 3 is 2.94 bits per heavy atom. The number of rotatable bonds is 3. The first kappa shape index (κ1) is 10.4. The molecule has 2 rings (SSSR count). The summed E-state index contributed by atoms with van der Waals surface area (Å²) in [6, 6.07) is 5.57. The summed E-state index contributed by atoms with van der Waals surface area (Å²) in [6.45, 7) is 2.33. The molecule has 0 aliphatic rings. The molecular formula is C12H12N2O2. The third kappa shape index (κ3) is 1.95. The Bertz CT molecular complexity index is 503. The van der Waals surface area contributed by atoms with Gasteiger partial charge >= 0.3 is 5.97 Å². The maximum atomic E-state index is 11.1. The second kappa shape index (κ2) is 4.18. The number of nitrogens with zero attached hydrogens (tertiary/aromatic N) is 2. The molecule has 16 heavy (non-hydrogen) atoms. The summed E-state index contributed by atoms with van der Waals surface area (Å²) in [7, 11) is 0. The van der Waals surface area contributed by atoms with Gasteiger partial charge in [-0.3, -0.25) is 4.98 Å². The van der Waals surface area contributed by atoms with Gasteiger partial charge in [0.15, 0.2) is 0 Å². The van der Waals surface area contributed by atoms with E-state index in [-0.39, 0.29) is 0 Å². The molecule has 2 aromatic rings. The molecule has 4 heteroatoms. The monoisotopic (exact) mass is 216 g/mol. The molecule has 2 heterocycles. The molecule has 0 aromatic carbocycles. The summed E-state index contributed by atoms with van der Waals surface area (Å²) < 4.78 is 1.72. The number of aromatic nitrogens is 2. The van der Waals surface area contributed by atoms with Crippen LogP contribution >= 0.6 is 0 Å². The van der Waals surface area contributed by atoms with Gasteiger partial charge in [-0.15, -0.1) is 0 Å². The van der Waals surface area contributed by atoms with E-state index in [0.29, 0.717) is 12.2 Å². The molecule has 0 spiro atoms. The van der Waals surface area contributed by atoms with Crippen molar-refractivity contribution >= 4 is 5.97 Å². The lowest BCUT2D eigenvalue weighted by Crippen LogP contribution is -2.10. The predicted octanol–water partition coefficient (Wildman–Crippen LogP) is 1.94. The van der Waals surface area contributed by atoms with Gasteiger partial charge in [-0.1, -0.05) is 6.07 Å².